The molecular formula is C22H32N+. The van der Waals surface area contributed by atoms with Crippen molar-refractivity contribution in [2.45, 2.75) is 64.7 Å². The second kappa shape index (κ2) is 8.29. The lowest BCUT2D eigenvalue weighted by Gasteiger charge is -2.21. The van der Waals surface area contributed by atoms with E-state index in [1.165, 1.54) is 36.0 Å². The van der Waals surface area contributed by atoms with Crippen LogP contribution in [0, 0.1) is 0 Å². The largest absolute Gasteiger partial charge is 0.208 e. The Morgan fingerprint density at radius 3 is 1.78 bits per heavy atom. The highest BCUT2D eigenvalue weighted by Gasteiger charge is 2.16. The fourth-order valence-corrected chi connectivity index (χ4v) is 3.27. The molecule has 0 bridgehead atoms. The van der Waals surface area contributed by atoms with E-state index in [0.29, 0.717) is 17.8 Å². The van der Waals surface area contributed by atoms with Crippen LogP contribution in [-0.4, -0.2) is 0 Å². The Bertz CT molecular complexity index is 582. The van der Waals surface area contributed by atoms with Gasteiger partial charge in [0.1, 0.15) is 7.05 Å². The van der Waals surface area contributed by atoms with Gasteiger partial charge in [-0.25, -0.2) is 4.57 Å². The van der Waals surface area contributed by atoms with E-state index >= 15 is 0 Å². The summed E-state index contributed by atoms with van der Waals surface area (Å²) in [7, 11) is 2.07. The van der Waals surface area contributed by atoms with Crippen LogP contribution in [0.25, 0.3) is 0 Å². The summed E-state index contributed by atoms with van der Waals surface area (Å²) >= 11 is 0. The van der Waals surface area contributed by atoms with Crippen molar-refractivity contribution < 1.29 is 4.57 Å². The lowest BCUT2D eigenvalue weighted by atomic mass is 9.84. The molecule has 0 spiro atoms. The molecule has 0 aliphatic carbocycles. The Morgan fingerprint density at radius 1 is 0.739 bits per heavy atom. The molecule has 0 N–H and O–H groups in total. The van der Waals surface area contributed by atoms with Gasteiger partial charge in [-0.3, -0.25) is 0 Å². The van der Waals surface area contributed by atoms with Gasteiger partial charge >= 0.3 is 0 Å². The molecule has 0 fully saturated rings. The van der Waals surface area contributed by atoms with E-state index in [1.807, 2.05) is 0 Å². The van der Waals surface area contributed by atoms with Crippen molar-refractivity contribution in [3.05, 3.63) is 65.5 Å². The van der Waals surface area contributed by atoms with E-state index in [0.717, 1.165) is 0 Å². The SMILES string of the molecule is CCC(C)c1ccc(C(CC)CC(C)c2cc[n+](C)cc2)cc1. The van der Waals surface area contributed by atoms with Crippen LogP contribution < -0.4 is 4.57 Å². The number of nitrogens with zero attached hydrogens (tertiary/aromatic N) is 1. The lowest BCUT2D eigenvalue weighted by Crippen LogP contribution is -2.26. The van der Waals surface area contributed by atoms with Gasteiger partial charge in [0.15, 0.2) is 12.4 Å². The second-order valence-electron chi connectivity index (χ2n) is 7.01. The van der Waals surface area contributed by atoms with Crippen LogP contribution in [0.3, 0.4) is 0 Å². The van der Waals surface area contributed by atoms with E-state index in [2.05, 4.69) is 88.1 Å². The van der Waals surface area contributed by atoms with Crippen LogP contribution >= 0.6 is 0 Å². The Morgan fingerprint density at radius 2 is 1.26 bits per heavy atom. The fourth-order valence-electron chi connectivity index (χ4n) is 3.27. The predicted molar refractivity (Wildman–Crippen MR) is 98.8 cm³/mol. The van der Waals surface area contributed by atoms with Gasteiger partial charge in [-0.05, 0) is 53.7 Å². The first-order valence-electron chi connectivity index (χ1n) is 9.10. The third kappa shape index (κ3) is 4.67. The van der Waals surface area contributed by atoms with Gasteiger partial charge < -0.3 is 0 Å². The first-order valence-corrected chi connectivity index (χ1v) is 9.10. The molecule has 23 heavy (non-hydrogen) atoms. The smallest absolute Gasteiger partial charge is 0.168 e. The number of rotatable bonds is 7. The first-order chi connectivity index (χ1) is 11.0. The average molecular weight is 311 g/mol. The summed E-state index contributed by atoms with van der Waals surface area (Å²) in [5, 5.41) is 0. The molecule has 124 valence electrons. The van der Waals surface area contributed by atoms with Crippen LogP contribution in [0.4, 0.5) is 0 Å². The number of pyridine rings is 1. The normalized spacial score (nSPS) is 15.2. The van der Waals surface area contributed by atoms with Crippen LogP contribution in [-0.2, 0) is 7.05 Å². The summed E-state index contributed by atoms with van der Waals surface area (Å²) in [5.41, 5.74) is 4.40. The third-order valence-electron chi connectivity index (χ3n) is 5.29. The molecule has 3 atom stereocenters. The minimum Gasteiger partial charge on any atom is -0.208 e. The molecule has 3 unspecified atom stereocenters. The van der Waals surface area contributed by atoms with Crippen molar-refractivity contribution in [2.75, 3.05) is 0 Å². The molecule has 0 saturated heterocycles. The molecule has 0 radical (unpaired) electrons. The zero-order valence-corrected chi connectivity index (χ0v) is 15.4. The molecule has 0 aliphatic heterocycles. The minimum absolute atomic E-state index is 0.593. The van der Waals surface area contributed by atoms with Crippen LogP contribution in [0.2, 0.25) is 0 Å². The molecule has 2 rings (SSSR count). The summed E-state index contributed by atoms with van der Waals surface area (Å²) in [6.45, 7) is 9.23. The summed E-state index contributed by atoms with van der Waals surface area (Å²) in [6, 6.07) is 13.9. The van der Waals surface area contributed by atoms with Crippen molar-refractivity contribution in [2.24, 2.45) is 7.05 Å². The maximum absolute atomic E-state index is 2.35. The number of hydrogen-bond acceptors (Lipinski definition) is 0. The Hall–Kier alpha value is -1.63. The Balaban J connectivity index is 2.08. The van der Waals surface area contributed by atoms with Crippen molar-refractivity contribution in [1.82, 2.24) is 0 Å². The molecule has 1 heteroatoms. The lowest BCUT2D eigenvalue weighted by molar-refractivity contribution is -0.671. The van der Waals surface area contributed by atoms with Crippen LogP contribution in [0.15, 0.2) is 48.8 Å². The summed E-state index contributed by atoms with van der Waals surface area (Å²) < 4.78 is 2.10. The summed E-state index contributed by atoms with van der Waals surface area (Å²) in [4.78, 5) is 0. The van der Waals surface area contributed by atoms with Gasteiger partial charge in [-0.2, -0.15) is 0 Å². The Kier molecular flexibility index (Phi) is 6.38. The number of aromatic nitrogens is 1. The second-order valence-corrected chi connectivity index (χ2v) is 7.01. The molecule has 2 aromatic rings. The number of aryl methyl sites for hydroxylation is 1. The van der Waals surface area contributed by atoms with Gasteiger partial charge in [0.05, 0.1) is 0 Å². The molecule has 1 nitrogen and oxygen atoms in total. The first kappa shape index (κ1) is 17.7. The highest BCUT2D eigenvalue weighted by molar-refractivity contribution is 5.28. The molecule has 1 aromatic heterocycles. The van der Waals surface area contributed by atoms with Crippen LogP contribution in [0.1, 0.15) is 81.4 Å². The van der Waals surface area contributed by atoms with E-state index in [-0.39, 0.29) is 0 Å². The maximum Gasteiger partial charge on any atom is 0.168 e. The van der Waals surface area contributed by atoms with Gasteiger partial charge in [-0.15, -0.1) is 0 Å². The maximum atomic E-state index is 2.35. The zero-order valence-electron chi connectivity index (χ0n) is 15.4. The van der Waals surface area contributed by atoms with E-state index < -0.39 is 0 Å². The van der Waals surface area contributed by atoms with E-state index in [4.69, 9.17) is 0 Å². The standard InChI is InChI=1S/C22H32N/c1-6-17(3)20-8-10-22(11-9-20)19(7-2)16-18(4)21-12-14-23(5)15-13-21/h8-15,17-19H,6-7,16H2,1-5H3/q+1. The molecular weight excluding hydrogens is 278 g/mol. The summed E-state index contributed by atoms with van der Waals surface area (Å²) in [6.07, 6.45) is 7.92. The molecule has 1 aromatic carbocycles. The van der Waals surface area contributed by atoms with Gasteiger partial charge in [0.25, 0.3) is 0 Å². The highest BCUT2D eigenvalue weighted by atomic mass is 14.9. The third-order valence-corrected chi connectivity index (χ3v) is 5.29. The average Bonchev–Trinajstić information content (AvgIpc) is 2.59. The fraction of sp³-hybridized carbons (Fsp3) is 0.500. The molecule has 1 heterocycles. The van der Waals surface area contributed by atoms with Gasteiger partial charge in [-0.1, -0.05) is 52.0 Å². The summed E-state index contributed by atoms with van der Waals surface area (Å²) in [5.74, 6) is 1.90. The number of benzene rings is 1. The van der Waals surface area contributed by atoms with Crippen molar-refractivity contribution >= 4 is 0 Å². The van der Waals surface area contributed by atoms with E-state index in [1.54, 1.807) is 0 Å². The van der Waals surface area contributed by atoms with Crippen molar-refractivity contribution in [3.8, 4) is 0 Å². The minimum atomic E-state index is 0.593. The van der Waals surface area contributed by atoms with Gasteiger partial charge in [0, 0.05) is 12.1 Å². The highest BCUT2D eigenvalue weighted by Crippen LogP contribution is 2.32. The monoisotopic (exact) mass is 310 g/mol. The van der Waals surface area contributed by atoms with E-state index in [9.17, 15) is 0 Å². The zero-order chi connectivity index (χ0) is 16.8. The van der Waals surface area contributed by atoms with Crippen molar-refractivity contribution in [1.29, 1.82) is 0 Å². The molecule has 0 aliphatic rings. The van der Waals surface area contributed by atoms with Crippen LogP contribution in [0.5, 0.6) is 0 Å². The topological polar surface area (TPSA) is 3.88 Å². The molecule has 0 saturated carbocycles. The number of hydrogen-bond donors (Lipinski definition) is 0. The van der Waals surface area contributed by atoms with Gasteiger partial charge in [0.2, 0.25) is 0 Å². The molecule has 0 amide bonds. The quantitative estimate of drug-likeness (QED) is 0.576. The predicted octanol–water partition coefficient (Wildman–Crippen LogP) is 5.71. The Labute approximate surface area is 142 Å². The van der Waals surface area contributed by atoms with Crippen molar-refractivity contribution in [3.63, 3.8) is 0 Å².